The van der Waals surface area contributed by atoms with E-state index in [0.29, 0.717) is 17.8 Å². The summed E-state index contributed by atoms with van der Waals surface area (Å²) < 4.78 is 5.18. The molecule has 0 aliphatic carbocycles. The average Bonchev–Trinajstić information content (AvgIpc) is 2.35. The van der Waals surface area contributed by atoms with Crippen LogP contribution >= 0.6 is 11.6 Å². The molecule has 1 N–H and O–H groups in total. The van der Waals surface area contributed by atoms with E-state index < -0.39 is 0 Å². The Hall–Kier alpha value is -0.730. The number of hydrogen-bond acceptors (Lipinski definition) is 2. The number of rotatable bonds is 6. The number of halogens is 1. The van der Waals surface area contributed by atoms with Crippen LogP contribution in [-0.2, 0) is 6.54 Å². The Morgan fingerprint density at radius 1 is 1.38 bits per heavy atom. The molecule has 0 saturated heterocycles. The molecule has 0 bridgehead atoms. The van der Waals surface area contributed by atoms with Gasteiger partial charge in [0.15, 0.2) is 0 Å². The van der Waals surface area contributed by atoms with Crippen molar-refractivity contribution in [3.05, 3.63) is 29.8 Å². The number of alkyl halides is 1. The number of methoxy groups -OCH3 is 1. The van der Waals surface area contributed by atoms with Crippen molar-refractivity contribution in [2.24, 2.45) is 5.92 Å². The highest BCUT2D eigenvalue weighted by Gasteiger charge is 2.09. The second-order valence-electron chi connectivity index (χ2n) is 4.15. The molecule has 3 heteroatoms. The van der Waals surface area contributed by atoms with Crippen molar-refractivity contribution in [1.29, 1.82) is 0 Å². The van der Waals surface area contributed by atoms with Crippen molar-refractivity contribution in [2.75, 3.05) is 13.0 Å². The lowest BCUT2D eigenvalue weighted by Gasteiger charge is -2.19. The molecule has 2 unspecified atom stereocenters. The minimum Gasteiger partial charge on any atom is -0.497 e. The first-order valence-electron chi connectivity index (χ1n) is 5.59. The maximum atomic E-state index is 5.82. The highest BCUT2D eigenvalue weighted by Crippen LogP contribution is 2.13. The van der Waals surface area contributed by atoms with Crippen molar-refractivity contribution < 1.29 is 4.74 Å². The molecule has 16 heavy (non-hydrogen) atoms. The SMILES string of the molecule is COc1cccc(CNC(C)C(C)CCl)c1. The Labute approximate surface area is 103 Å². The lowest BCUT2D eigenvalue weighted by Crippen LogP contribution is -2.32. The fourth-order valence-corrected chi connectivity index (χ4v) is 1.66. The van der Waals surface area contributed by atoms with E-state index in [2.05, 4.69) is 25.2 Å². The van der Waals surface area contributed by atoms with Crippen molar-refractivity contribution in [3.8, 4) is 5.75 Å². The van der Waals surface area contributed by atoms with E-state index in [4.69, 9.17) is 16.3 Å². The summed E-state index contributed by atoms with van der Waals surface area (Å²) >= 11 is 5.82. The first-order valence-corrected chi connectivity index (χ1v) is 6.13. The summed E-state index contributed by atoms with van der Waals surface area (Å²) in [5.74, 6) is 2.07. The molecule has 0 saturated carbocycles. The Morgan fingerprint density at radius 2 is 2.12 bits per heavy atom. The van der Waals surface area contributed by atoms with Crippen LogP contribution < -0.4 is 10.1 Å². The molecule has 2 atom stereocenters. The van der Waals surface area contributed by atoms with Crippen LogP contribution in [0.5, 0.6) is 5.75 Å². The molecule has 0 amide bonds. The highest BCUT2D eigenvalue weighted by atomic mass is 35.5. The molecule has 2 nitrogen and oxygen atoms in total. The minimum atomic E-state index is 0.420. The van der Waals surface area contributed by atoms with Crippen LogP contribution in [0.2, 0.25) is 0 Å². The molecule has 1 rings (SSSR count). The third kappa shape index (κ3) is 4.03. The first-order chi connectivity index (χ1) is 7.67. The summed E-state index contributed by atoms with van der Waals surface area (Å²) in [7, 11) is 1.69. The number of ether oxygens (including phenoxy) is 1. The van der Waals surface area contributed by atoms with Gasteiger partial charge in [-0.05, 0) is 30.5 Å². The number of nitrogens with one attached hydrogen (secondary N) is 1. The quantitative estimate of drug-likeness (QED) is 0.773. The van der Waals surface area contributed by atoms with Gasteiger partial charge < -0.3 is 10.1 Å². The molecule has 0 radical (unpaired) electrons. The van der Waals surface area contributed by atoms with E-state index in [1.165, 1.54) is 5.56 Å². The standard InChI is InChI=1S/C13H20ClNO/c1-10(8-14)11(2)15-9-12-5-4-6-13(7-12)16-3/h4-7,10-11,15H,8-9H2,1-3H3. The summed E-state index contributed by atoms with van der Waals surface area (Å²) in [5, 5.41) is 3.46. The largest absolute Gasteiger partial charge is 0.497 e. The molecule has 0 aromatic heterocycles. The van der Waals surface area contributed by atoms with Crippen molar-refractivity contribution in [1.82, 2.24) is 5.32 Å². The summed E-state index contributed by atoms with van der Waals surface area (Å²) in [6, 6.07) is 8.52. The topological polar surface area (TPSA) is 21.3 Å². The highest BCUT2D eigenvalue weighted by molar-refractivity contribution is 6.18. The van der Waals surface area contributed by atoms with E-state index in [-0.39, 0.29) is 0 Å². The van der Waals surface area contributed by atoms with Gasteiger partial charge in [0, 0.05) is 18.5 Å². The van der Waals surface area contributed by atoms with Gasteiger partial charge in [0.05, 0.1) is 7.11 Å². The summed E-state index contributed by atoms with van der Waals surface area (Å²) in [6.07, 6.45) is 0. The predicted molar refractivity (Wildman–Crippen MR) is 69.2 cm³/mol. The van der Waals surface area contributed by atoms with Gasteiger partial charge in [-0.2, -0.15) is 0 Å². The van der Waals surface area contributed by atoms with E-state index >= 15 is 0 Å². The zero-order valence-electron chi connectivity index (χ0n) is 10.2. The molecule has 0 aliphatic rings. The zero-order chi connectivity index (χ0) is 12.0. The molecule has 1 aromatic carbocycles. The predicted octanol–water partition coefficient (Wildman–Crippen LogP) is 3.05. The normalized spacial score (nSPS) is 14.5. The molecule has 0 aliphatic heterocycles. The van der Waals surface area contributed by atoms with Crippen molar-refractivity contribution >= 4 is 11.6 Å². The molecular formula is C13H20ClNO. The van der Waals surface area contributed by atoms with Gasteiger partial charge in [0.25, 0.3) is 0 Å². The molecular weight excluding hydrogens is 222 g/mol. The van der Waals surface area contributed by atoms with Crippen molar-refractivity contribution in [3.63, 3.8) is 0 Å². The Kier molecular flexibility index (Phi) is 5.64. The van der Waals surface area contributed by atoms with Crippen LogP contribution in [0.3, 0.4) is 0 Å². The summed E-state index contributed by atoms with van der Waals surface area (Å²) in [5.41, 5.74) is 1.23. The first kappa shape index (κ1) is 13.3. The van der Waals surface area contributed by atoms with Gasteiger partial charge in [0.2, 0.25) is 0 Å². The van der Waals surface area contributed by atoms with Gasteiger partial charge in [-0.25, -0.2) is 0 Å². The monoisotopic (exact) mass is 241 g/mol. The smallest absolute Gasteiger partial charge is 0.119 e. The Bertz CT molecular complexity index is 317. The zero-order valence-corrected chi connectivity index (χ0v) is 10.9. The molecule has 1 aromatic rings. The van der Waals surface area contributed by atoms with Gasteiger partial charge in [0.1, 0.15) is 5.75 Å². The molecule has 90 valence electrons. The number of benzene rings is 1. The third-order valence-corrected chi connectivity index (χ3v) is 3.35. The fourth-order valence-electron chi connectivity index (χ4n) is 1.40. The Balaban J connectivity index is 2.47. The fraction of sp³-hybridized carbons (Fsp3) is 0.538. The number of hydrogen-bond donors (Lipinski definition) is 1. The van der Waals surface area contributed by atoms with Crippen LogP contribution in [0.25, 0.3) is 0 Å². The average molecular weight is 242 g/mol. The van der Waals surface area contributed by atoms with Gasteiger partial charge >= 0.3 is 0 Å². The van der Waals surface area contributed by atoms with E-state index in [1.54, 1.807) is 7.11 Å². The second-order valence-corrected chi connectivity index (χ2v) is 4.46. The Morgan fingerprint density at radius 3 is 2.75 bits per heavy atom. The van der Waals surface area contributed by atoms with Crippen LogP contribution in [0.15, 0.2) is 24.3 Å². The maximum Gasteiger partial charge on any atom is 0.119 e. The summed E-state index contributed by atoms with van der Waals surface area (Å²) in [4.78, 5) is 0. The molecule has 0 fully saturated rings. The van der Waals surface area contributed by atoms with Crippen molar-refractivity contribution in [2.45, 2.75) is 26.4 Å². The van der Waals surface area contributed by atoms with Crippen LogP contribution in [0.4, 0.5) is 0 Å². The lowest BCUT2D eigenvalue weighted by atomic mass is 10.1. The van der Waals surface area contributed by atoms with E-state index in [1.807, 2.05) is 18.2 Å². The molecule has 0 spiro atoms. The van der Waals surface area contributed by atoms with Crippen LogP contribution in [0.1, 0.15) is 19.4 Å². The van der Waals surface area contributed by atoms with Gasteiger partial charge in [-0.1, -0.05) is 19.1 Å². The maximum absolute atomic E-state index is 5.82. The lowest BCUT2D eigenvalue weighted by molar-refractivity contribution is 0.411. The third-order valence-electron chi connectivity index (χ3n) is 2.86. The van der Waals surface area contributed by atoms with Crippen LogP contribution in [-0.4, -0.2) is 19.0 Å². The van der Waals surface area contributed by atoms with Gasteiger partial charge in [-0.15, -0.1) is 11.6 Å². The molecule has 0 heterocycles. The second kappa shape index (κ2) is 6.77. The van der Waals surface area contributed by atoms with Crippen LogP contribution in [0, 0.1) is 5.92 Å². The minimum absolute atomic E-state index is 0.420. The van der Waals surface area contributed by atoms with E-state index in [0.717, 1.165) is 12.3 Å². The van der Waals surface area contributed by atoms with Gasteiger partial charge in [-0.3, -0.25) is 0 Å². The summed E-state index contributed by atoms with van der Waals surface area (Å²) in [6.45, 7) is 5.16. The van der Waals surface area contributed by atoms with E-state index in [9.17, 15) is 0 Å².